The summed E-state index contributed by atoms with van der Waals surface area (Å²) in [6, 6.07) is 9.05. The first kappa shape index (κ1) is 14.3. The van der Waals surface area contributed by atoms with Gasteiger partial charge in [-0.2, -0.15) is 0 Å². The molecule has 2 aromatic rings. The summed E-state index contributed by atoms with van der Waals surface area (Å²) < 4.78 is 8.54. The van der Waals surface area contributed by atoms with E-state index in [1.54, 1.807) is 18.3 Å². The van der Waals surface area contributed by atoms with Crippen molar-refractivity contribution in [2.75, 3.05) is 6.61 Å². The molecular formula is C13H16N2O2S. The summed E-state index contributed by atoms with van der Waals surface area (Å²) in [5.74, 6) is -0.228. The molecule has 0 N–H and O–H groups in total. The zero-order chi connectivity index (χ0) is 13.1. The molecule has 1 heterocycles. The SMILES string of the molecule is CCCCOC(=O)c1ccccc1.c1csnn1. The third-order valence-corrected chi connectivity index (χ3v) is 2.46. The van der Waals surface area contributed by atoms with Gasteiger partial charge in [-0.05, 0) is 30.1 Å². The van der Waals surface area contributed by atoms with Gasteiger partial charge in [-0.25, -0.2) is 4.79 Å². The number of hydrogen-bond acceptors (Lipinski definition) is 5. The van der Waals surface area contributed by atoms with Crippen LogP contribution in [0.5, 0.6) is 0 Å². The van der Waals surface area contributed by atoms with Crippen LogP contribution >= 0.6 is 11.5 Å². The maximum atomic E-state index is 11.3. The number of ether oxygens (including phenoxy) is 1. The molecule has 0 radical (unpaired) electrons. The van der Waals surface area contributed by atoms with Crippen LogP contribution < -0.4 is 0 Å². The molecule has 0 amide bonds. The summed E-state index contributed by atoms with van der Waals surface area (Å²) in [4.78, 5) is 11.3. The minimum atomic E-state index is -0.228. The summed E-state index contributed by atoms with van der Waals surface area (Å²) in [5.41, 5.74) is 0.624. The van der Waals surface area contributed by atoms with Gasteiger partial charge in [0.2, 0.25) is 0 Å². The molecule has 1 aromatic carbocycles. The molecule has 18 heavy (non-hydrogen) atoms. The molecule has 1 aromatic heterocycles. The molecule has 0 unspecified atom stereocenters. The lowest BCUT2D eigenvalue weighted by atomic mass is 10.2. The van der Waals surface area contributed by atoms with Crippen molar-refractivity contribution in [2.45, 2.75) is 19.8 Å². The summed E-state index contributed by atoms with van der Waals surface area (Å²) in [7, 11) is 0. The van der Waals surface area contributed by atoms with Crippen molar-refractivity contribution in [1.29, 1.82) is 0 Å². The largest absolute Gasteiger partial charge is 0.462 e. The van der Waals surface area contributed by atoms with E-state index in [2.05, 4.69) is 16.5 Å². The van der Waals surface area contributed by atoms with Gasteiger partial charge in [0.15, 0.2) is 0 Å². The van der Waals surface area contributed by atoms with Crippen LogP contribution in [-0.4, -0.2) is 22.2 Å². The van der Waals surface area contributed by atoms with Crippen molar-refractivity contribution in [3.8, 4) is 0 Å². The monoisotopic (exact) mass is 264 g/mol. The predicted octanol–water partition coefficient (Wildman–Crippen LogP) is 3.18. The first-order valence-corrected chi connectivity index (χ1v) is 6.61. The Hall–Kier alpha value is -1.75. The third-order valence-electron chi connectivity index (χ3n) is 2.02. The number of esters is 1. The highest BCUT2D eigenvalue weighted by molar-refractivity contribution is 7.03. The van der Waals surface area contributed by atoms with Gasteiger partial charge in [0.05, 0.1) is 18.4 Å². The van der Waals surface area contributed by atoms with Crippen molar-refractivity contribution < 1.29 is 9.53 Å². The van der Waals surface area contributed by atoms with Gasteiger partial charge in [0.25, 0.3) is 0 Å². The Balaban J connectivity index is 0.000000269. The molecule has 0 atom stereocenters. The number of nitrogens with zero attached hydrogens (tertiary/aromatic N) is 2. The lowest BCUT2D eigenvalue weighted by molar-refractivity contribution is 0.0500. The van der Waals surface area contributed by atoms with Crippen molar-refractivity contribution >= 4 is 17.5 Å². The van der Waals surface area contributed by atoms with E-state index in [0.29, 0.717) is 12.2 Å². The summed E-state index contributed by atoms with van der Waals surface area (Å²) in [5, 5.41) is 5.31. The third kappa shape index (κ3) is 6.10. The van der Waals surface area contributed by atoms with Gasteiger partial charge in [-0.15, -0.1) is 5.10 Å². The minimum absolute atomic E-state index is 0.228. The first-order chi connectivity index (χ1) is 8.84. The Morgan fingerprint density at radius 2 is 2.11 bits per heavy atom. The predicted molar refractivity (Wildman–Crippen MR) is 71.5 cm³/mol. The highest BCUT2D eigenvalue weighted by Crippen LogP contribution is 2.01. The molecule has 0 fully saturated rings. The Morgan fingerprint density at radius 3 is 2.61 bits per heavy atom. The van der Waals surface area contributed by atoms with Gasteiger partial charge < -0.3 is 4.74 Å². The fourth-order valence-electron chi connectivity index (χ4n) is 1.10. The zero-order valence-corrected chi connectivity index (χ0v) is 11.1. The number of hydrogen-bond donors (Lipinski definition) is 0. The Morgan fingerprint density at radius 1 is 1.33 bits per heavy atom. The molecular weight excluding hydrogens is 248 g/mol. The maximum Gasteiger partial charge on any atom is 0.338 e. The second-order valence-electron chi connectivity index (χ2n) is 3.44. The maximum absolute atomic E-state index is 11.3. The molecule has 4 nitrogen and oxygen atoms in total. The highest BCUT2D eigenvalue weighted by Gasteiger charge is 2.03. The molecule has 0 saturated heterocycles. The van der Waals surface area contributed by atoms with Crippen LogP contribution in [-0.2, 0) is 4.74 Å². The second-order valence-corrected chi connectivity index (χ2v) is 4.09. The molecule has 5 heteroatoms. The van der Waals surface area contributed by atoms with Crippen LogP contribution in [0.1, 0.15) is 30.1 Å². The molecule has 0 saturated carbocycles. The molecule has 0 aliphatic rings. The van der Waals surface area contributed by atoms with E-state index in [9.17, 15) is 4.79 Å². The lowest BCUT2D eigenvalue weighted by Gasteiger charge is -2.02. The van der Waals surface area contributed by atoms with E-state index in [1.165, 1.54) is 11.5 Å². The Labute approximate surface area is 111 Å². The second kappa shape index (κ2) is 9.30. The number of unbranched alkanes of at least 4 members (excludes halogenated alkanes) is 1. The smallest absolute Gasteiger partial charge is 0.338 e. The van der Waals surface area contributed by atoms with Crippen LogP contribution in [0.3, 0.4) is 0 Å². The number of aromatic nitrogens is 2. The van der Waals surface area contributed by atoms with E-state index in [0.717, 1.165) is 12.8 Å². The number of carbonyl (C=O) groups is 1. The van der Waals surface area contributed by atoms with E-state index in [1.807, 2.05) is 23.6 Å². The minimum Gasteiger partial charge on any atom is -0.462 e. The normalized spacial score (nSPS) is 9.17. The van der Waals surface area contributed by atoms with E-state index < -0.39 is 0 Å². The number of rotatable bonds is 4. The molecule has 0 spiro atoms. The number of carbonyl (C=O) groups excluding carboxylic acids is 1. The van der Waals surface area contributed by atoms with E-state index in [4.69, 9.17) is 4.74 Å². The van der Waals surface area contributed by atoms with Crippen LogP contribution in [0.4, 0.5) is 0 Å². The van der Waals surface area contributed by atoms with Crippen LogP contribution in [0.25, 0.3) is 0 Å². The van der Waals surface area contributed by atoms with Gasteiger partial charge in [0, 0.05) is 5.38 Å². The van der Waals surface area contributed by atoms with Gasteiger partial charge in [-0.1, -0.05) is 36.0 Å². The van der Waals surface area contributed by atoms with E-state index >= 15 is 0 Å². The summed E-state index contributed by atoms with van der Waals surface area (Å²) in [6.45, 7) is 2.58. The fourth-order valence-corrected chi connectivity index (χ4v) is 1.38. The topological polar surface area (TPSA) is 52.1 Å². The van der Waals surface area contributed by atoms with Crippen molar-refractivity contribution in [3.63, 3.8) is 0 Å². The summed E-state index contributed by atoms with van der Waals surface area (Å²) in [6.07, 6.45) is 3.63. The lowest BCUT2D eigenvalue weighted by Crippen LogP contribution is -2.05. The van der Waals surface area contributed by atoms with Gasteiger partial charge in [0.1, 0.15) is 0 Å². The van der Waals surface area contributed by atoms with Crippen molar-refractivity contribution in [2.24, 2.45) is 0 Å². The van der Waals surface area contributed by atoms with Crippen LogP contribution in [0.2, 0.25) is 0 Å². The molecule has 2 rings (SSSR count). The van der Waals surface area contributed by atoms with Crippen molar-refractivity contribution in [3.05, 3.63) is 47.5 Å². The molecule has 96 valence electrons. The van der Waals surface area contributed by atoms with E-state index in [-0.39, 0.29) is 5.97 Å². The number of benzene rings is 1. The molecule has 0 aliphatic heterocycles. The standard InChI is InChI=1S/C11H14O2.C2H2N2S/c1-2-3-9-13-11(12)10-7-5-4-6-8-10;1-2-5-4-3-1/h4-8H,2-3,9H2,1H3;1-2H. The summed E-state index contributed by atoms with van der Waals surface area (Å²) >= 11 is 1.35. The molecule has 0 bridgehead atoms. The average molecular weight is 264 g/mol. The Kier molecular flexibility index (Phi) is 7.39. The van der Waals surface area contributed by atoms with Crippen LogP contribution in [0.15, 0.2) is 41.9 Å². The van der Waals surface area contributed by atoms with Crippen molar-refractivity contribution in [1.82, 2.24) is 9.59 Å². The highest BCUT2D eigenvalue weighted by atomic mass is 32.1. The van der Waals surface area contributed by atoms with Gasteiger partial charge >= 0.3 is 5.97 Å². The quantitative estimate of drug-likeness (QED) is 0.628. The zero-order valence-electron chi connectivity index (χ0n) is 10.3. The molecule has 0 aliphatic carbocycles. The average Bonchev–Trinajstić information content (AvgIpc) is 2.99. The fraction of sp³-hybridized carbons (Fsp3) is 0.308. The Bertz CT molecular complexity index is 401. The van der Waals surface area contributed by atoms with Crippen LogP contribution in [0, 0.1) is 0 Å². The van der Waals surface area contributed by atoms with Gasteiger partial charge in [-0.3, -0.25) is 0 Å². The first-order valence-electron chi connectivity index (χ1n) is 5.77.